The SMILES string of the molecule is CSc1ccc(CCNC(=O)C2CCCN(c3nc4ccc(C)cc4[nH]3)C2)cc1. The van der Waals surface area contributed by atoms with Gasteiger partial charge in [-0.05, 0) is 67.8 Å². The minimum absolute atomic E-state index is 0.0116. The van der Waals surface area contributed by atoms with E-state index in [0.717, 1.165) is 42.8 Å². The van der Waals surface area contributed by atoms with Crippen LogP contribution < -0.4 is 10.2 Å². The highest BCUT2D eigenvalue weighted by Crippen LogP contribution is 2.24. The number of carbonyl (C=O) groups is 1. The molecule has 0 spiro atoms. The Hall–Kier alpha value is -2.47. The number of nitrogens with zero attached hydrogens (tertiary/aromatic N) is 2. The third-order valence-corrected chi connectivity index (χ3v) is 6.33. The molecule has 2 N–H and O–H groups in total. The van der Waals surface area contributed by atoms with Gasteiger partial charge in [0.2, 0.25) is 11.9 Å². The Morgan fingerprint density at radius 3 is 2.90 bits per heavy atom. The van der Waals surface area contributed by atoms with Crippen LogP contribution in [0.3, 0.4) is 0 Å². The number of H-pyrrole nitrogens is 1. The van der Waals surface area contributed by atoms with Gasteiger partial charge in [0.25, 0.3) is 0 Å². The van der Waals surface area contributed by atoms with E-state index in [9.17, 15) is 4.79 Å². The van der Waals surface area contributed by atoms with E-state index >= 15 is 0 Å². The Balaban J connectivity index is 1.32. The summed E-state index contributed by atoms with van der Waals surface area (Å²) in [6.07, 6.45) is 4.88. The summed E-state index contributed by atoms with van der Waals surface area (Å²) in [6, 6.07) is 14.8. The number of carbonyl (C=O) groups excluding carboxylic acids is 1. The fourth-order valence-electron chi connectivity index (χ4n) is 3.91. The lowest BCUT2D eigenvalue weighted by molar-refractivity contribution is -0.125. The number of benzene rings is 2. The summed E-state index contributed by atoms with van der Waals surface area (Å²) >= 11 is 1.74. The van der Waals surface area contributed by atoms with Crippen LogP contribution in [0.25, 0.3) is 11.0 Å². The summed E-state index contributed by atoms with van der Waals surface area (Å²) < 4.78 is 0. The number of anilines is 1. The molecule has 6 heteroatoms. The van der Waals surface area contributed by atoms with E-state index < -0.39 is 0 Å². The highest BCUT2D eigenvalue weighted by atomic mass is 32.2. The molecule has 2 heterocycles. The zero-order chi connectivity index (χ0) is 20.2. The van der Waals surface area contributed by atoms with E-state index in [0.29, 0.717) is 13.1 Å². The van der Waals surface area contributed by atoms with Crippen LogP contribution in [-0.4, -0.2) is 41.8 Å². The molecule has 1 saturated heterocycles. The number of amides is 1. The molecule has 1 fully saturated rings. The van der Waals surface area contributed by atoms with Gasteiger partial charge < -0.3 is 15.2 Å². The minimum Gasteiger partial charge on any atom is -0.355 e. The Labute approximate surface area is 176 Å². The number of fused-ring (bicyclic) bond motifs is 1. The minimum atomic E-state index is 0.0116. The Morgan fingerprint density at radius 2 is 2.10 bits per heavy atom. The van der Waals surface area contributed by atoms with Crippen LogP contribution in [0, 0.1) is 12.8 Å². The van der Waals surface area contributed by atoms with Crippen molar-refractivity contribution in [1.29, 1.82) is 0 Å². The van der Waals surface area contributed by atoms with Gasteiger partial charge in [0.1, 0.15) is 0 Å². The number of imidazole rings is 1. The van der Waals surface area contributed by atoms with Crippen LogP contribution in [-0.2, 0) is 11.2 Å². The first-order valence-corrected chi connectivity index (χ1v) is 11.5. The number of piperidine rings is 1. The summed E-state index contributed by atoms with van der Waals surface area (Å²) in [6.45, 7) is 4.41. The van der Waals surface area contributed by atoms with Crippen molar-refractivity contribution in [2.75, 3.05) is 30.8 Å². The van der Waals surface area contributed by atoms with Gasteiger partial charge in [-0.1, -0.05) is 18.2 Å². The van der Waals surface area contributed by atoms with Gasteiger partial charge in [0.15, 0.2) is 0 Å². The van der Waals surface area contributed by atoms with Gasteiger partial charge >= 0.3 is 0 Å². The first kappa shape index (κ1) is 19.8. The second kappa shape index (κ2) is 8.91. The zero-order valence-corrected chi connectivity index (χ0v) is 17.9. The first-order chi connectivity index (χ1) is 14.1. The van der Waals surface area contributed by atoms with Crippen molar-refractivity contribution in [3.8, 4) is 0 Å². The molecule has 3 aromatic rings. The number of aryl methyl sites for hydroxylation is 1. The van der Waals surface area contributed by atoms with E-state index in [2.05, 4.69) is 64.8 Å². The molecule has 1 aliphatic rings. The molecule has 0 bridgehead atoms. The number of hydrogen-bond donors (Lipinski definition) is 2. The van der Waals surface area contributed by atoms with Crippen molar-refractivity contribution in [3.63, 3.8) is 0 Å². The number of aromatic amines is 1. The second-order valence-electron chi connectivity index (χ2n) is 7.76. The molecule has 29 heavy (non-hydrogen) atoms. The molecular formula is C23H28N4OS. The molecule has 1 atom stereocenters. The Morgan fingerprint density at radius 1 is 1.28 bits per heavy atom. The van der Waals surface area contributed by atoms with Crippen molar-refractivity contribution in [2.24, 2.45) is 5.92 Å². The maximum atomic E-state index is 12.7. The topological polar surface area (TPSA) is 61.0 Å². The highest BCUT2D eigenvalue weighted by Gasteiger charge is 2.27. The van der Waals surface area contributed by atoms with Crippen molar-refractivity contribution >= 4 is 34.7 Å². The summed E-state index contributed by atoms with van der Waals surface area (Å²) in [5, 5.41) is 3.13. The molecule has 2 aromatic carbocycles. The van der Waals surface area contributed by atoms with Crippen molar-refractivity contribution < 1.29 is 4.79 Å². The number of nitrogens with one attached hydrogen (secondary N) is 2. The van der Waals surface area contributed by atoms with Gasteiger partial charge in [-0.3, -0.25) is 4.79 Å². The summed E-state index contributed by atoms with van der Waals surface area (Å²) in [7, 11) is 0. The maximum Gasteiger partial charge on any atom is 0.224 e. The van der Waals surface area contributed by atoms with E-state index in [1.807, 2.05) is 6.07 Å². The molecule has 1 aliphatic heterocycles. The van der Waals surface area contributed by atoms with Crippen LogP contribution >= 0.6 is 11.8 Å². The molecular weight excluding hydrogens is 380 g/mol. The quantitative estimate of drug-likeness (QED) is 0.601. The Bertz CT molecular complexity index is 982. The summed E-state index contributed by atoms with van der Waals surface area (Å²) in [5.74, 6) is 1.04. The van der Waals surface area contributed by atoms with Gasteiger partial charge in [0.05, 0.1) is 17.0 Å². The van der Waals surface area contributed by atoms with Crippen molar-refractivity contribution in [1.82, 2.24) is 15.3 Å². The molecule has 152 valence electrons. The smallest absolute Gasteiger partial charge is 0.224 e. The molecule has 5 nitrogen and oxygen atoms in total. The number of thioether (sulfide) groups is 1. The van der Waals surface area contributed by atoms with Crippen LogP contribution in [0.5, 0.6) is 0 Å². The van der Waals surface area contributed by atoms with E-state index in [-0.39, 0.29) is 11.8 Å². The molecule has 1 aromatic heterocycles. The van der Waals surface area contributed by atoms with Crippen LogP contribution in [0.15, 0.2) is 47.4 Å². The normalized spacial score (nSPS) is 16.9. The van der Waals surface area contributed by atoms with Gasteiger partial charge in [0, 0.05) is 24.5 Å². The standard InChI is InChI=1S/C23H28N4OS/c1-16-5-10-20-21(14-16)26-23(25-20)27-13-3-4-18(15-27)22(28)24-12-11-17-6-8-19(29-2)9-7-17/h5-10,14,18H,3-4,11-13,15H2,1-2H3,(H,24,28)(H,25,26). The van der Waals surface area contributed by atoms with E-state index in [1.54, 1.807) is 11.8 Å². The average molecular weight is 409 g/mol. The molecule has 0 radical (unpaired) electrons. The average Bonchev–Trinajstić information content (AvgIpc) is 3.17. The monoisotopic (exact) mass is 408 g/mol. The summed E-state index contributed by atoms with van der Waals surface area (Å²) in [4.78, 5) is 24.3. The van der Waals surface area contributed by atoms with Crippen LogP contribution in [0.4, 0.5) is 5.95 Å². The third kappa shape index (κ3) is 4.75. The van der Waals surface area contributed by atoms with Gasteiger partial charge in [-0.2, -0.15) is 0 Å². The third-order valence-electron chi connectivity index (χ3n) is 5.59. The lowest BCUT2D eigenvalue weighted by Crippen LogP contribution is -2.43. The highest BCUT2D eigenvalue weighted by molar-refractivity contribution is 7.98. The van der Waals surface area contributed by atoms with Crippen molar-refractivity contribution in [2.45, 2.75) is 31.1 Å². The number of hydrogen-bond acceptors (Lipinski definition) is 4. The molecule has 0 saturated carbocycles. The van der Waals surface area contributed by atoms with E-state index in [1.165, 1.54) is 16.0 Å². The lowest BCUT2D eigenvalue weighted by Gasteiger charge is -2.31. The molecule has 1 amide bonds. The predicted molar refractivity (Wildman–Crippen MR) is 121 cm³/mol. The number of rotatable bonds is 6. The predicted octanol–water partition coefficient (Wildman–Crippen LogP) is 4.17. The van der Waals surface area contributed by atoms with Gasteiger partial charge in [-0.25, -0.2) is 4.98 Å². The maximum absolute atomic E-state index is 12.7. The lowest BCUT2D eigenvalue weighted by atomic mass is 9.97. The fraction of sp³-hybridized carbons (Fsp3) is 0.391. The van der Waals surface area contributed by atoms with Gasteiger partial charge in [-0.15, -0.1) is 11.8 Å². The zero-order valence-electron chi connectivity index (χ0n) is 17.1. The fourth-order valence-corrected chi connectivity index (χ4v) is 4.32. The van der Waals surface area contributed by atoms with Crippen molar-refractivity contribution in [3.05, 3.63) is 53.6 Å². The van der Waals surface area contributed by atoms with Crippen LogP contribution in [0.1, 0.15) is 24.0 Å². The largest absolute Gasteiger partial charge is 0.355 e. The Kier molecular flexibility index (Phi) is 6.09. The molecule has 1 unspecified atom stereocenters. The van der Waals surface area contributed by atoms with Crippen LogP contribution in [0.2, 0.25) is 0 Å². The molecule has 4 rings (SSSR count). The molecule has 0 aliphatic carbocycles. The summed E-state index contributed by atoms with van der Waals surface area (Å²) in [5.41, 5.74) is 4.50. The van der Waals surface area contributed by atoms with E-state index in [4.69, 9.17) is 4.98 Å². The second-order valence-corrected chi connectivity index (χ2v) is 8.63. The first-order valence-electron chi connectivity index (χ1n) is 10.2. The number of aromatic nitrogens is 2.